The van der Waals surface area contributed by atoms with Gasteiger partial charge in [-0.1, -0.05) is 6.92 Å². The lowest BCUT2D eigenvalue weighted by Gasteiger charge is -2.23. The summed E-state index contributed by atoms with van der Waals surface area (Å²) in [6, 6.07) is 0. The Morgan fingerprint density at radius 3 is 2.62 bits per heavy atom. The molecule has 0 bridgehead atoms. The molecule has 2 heterocycles. The molecule has 2 aliphatic heterocycles. The topological polar surface area (TPSA) is 35.5 Å². The van der Waals surface area contributed by atoms with E-state index in [1.807, 2.05) is 0 Å². The van der Waals surface area contributed by atoms with E-state index in [2.05, 4.69) is 6.92 Å². The van der Waals surface area contributed by atoms with Crippen molar-refractivity contribution in [2.24, 2.45) is 11.8 Å². The molecule has 3 nitrogen and oxygen atoms in total. The summed E-state index contributed by atoms with van der Waals surface area (Å²) in [5.41, 5.74) is 0. The van der Waals surface area contributed by atoms with Gasteiger partial charge in [-0.05, 0) is 31.6 Å². The number of hydrogen-bond acceptors (Lipinski definition) is 3. The first-order valence-corrected chi connectivity index (χ1v) is 6.53. The number of ketones is 1. The third-order valence-corrected chi connectivity index (χ3v) is 3.86. The van der Waals surface area contributed by atoms with E-state index in [-0.39, 0.29) is 12.0 Å². The normalized spacial score (nSPS) is 31.8. The number of hydrogen-bond donors (Lipinski definition) is 0. The number of carbonyl (C=O) groups is 1. The molecule has 2 unspecified atom stereocenters. The molecule has 16 heavy (non-hydrogen) atoms. The van der Waals surface area contributed by atoms with Gasteiger partial charge in [-0.2, -0.15) is 0 Å². The zero-order valence-electron chi connectivity index (χ0n) is 10.1. The number of rotatable bonds is 4. The van der Waals surface area contributed by atoms with Crippen molar-refractivity contribution in [3.05, 3.63) is 0 Å². The van der Waals surface area contributed by atoms with Gasteiger partial charge in [-0.3, -0.25) is 4.79 Å². The number of carbonyl (C=O) groups excluding carboxylic acids is 1. The van der Waals surface area contributed by atoms with Crippen molar-refractivity contribution >= 4 is 5.78 Å². The Morgan fingerprint density at radius 2 is 1.94 bits per heavy atom. The van der Waals surface area contributed by atoms with Gasteiger partial charge in [-0.25, -0.2) is 0 Å². The van der Waals surface area contributed by atoms with E-state index < -0.39 is 0 Å². The molecule has 0 spiro atoms. The third kappa shape index (κ3) is 2.83. The standard InChI is InChI=1S/C13H22O3/c1-2-13-11(5-8-16-13)12(14)9-10-3-6-15-7-4-10/h10-11,13H,2-9H2,1H3. The summed E-state index contributed by atoms with van der Waals surface area (Å²) in [5, 5.41) is 0. The second-order valence-electron chi connectivity index (χ2n) is 4.94. The molecule has 0 N–H and O–H groups in total. The molecule has 0 radical (unpaired) electrons. The van der Waals surface area contributed by atoms with Crippen LogP contribution in [0.15, 0.2) is 0 Å². The van der Waals surface area contributed by atoms with Crippen molar-refractivity contribution in [3.8, 4) is 0 Å². The molecule has 2 saturated heterocycles. The molecule has 3 heteroatoms. The van der Waals surface area contributed by atoms with Gasteiger partial charge in [0.05, 0.1) is 6.10 Å². The molecule has 2 atom stereocenters. The first-order valence-electron chi connectivity index (χ1n) is 6.53. The van der Waals surface area contributed by atoms with E-state index in [0.717, 1.165) is 51.9 Å². The molecule has 92 valence electrons. The Morgan fingerprint density at radius 1 is 1.19 bits per heavy atom. The van der Waals surface area contributed by atoms with Gasteiger partial charge < -0.3 is 9.47 Å². The summed E-state index contributed by atoms with van der Waals surface area (Å²) in [6.45, 7) is 4.53. The van der Waals surface area contributed by atoms with E-state index in [1.165, 1.54) is 0 Å². The van der Waals surface area contributed by atoms with Crippen LogP contribution in [0.5, 0.6) is 0 Å². The zero-order chi connectivity index (χ0) is 11.4. The maximum atomic E-state index is 12.2. The van der Waals surface area contributed by atoms with Gasteiger partial charge >= 0.3 is 0 Å². The Bertz CT molecular complexity index is 233. The highest BCUT2D eigenvalue weighted by atomic mass is 16.5. The van der Waals surface area contributed by atoms with E-state index in [1.54, 1.807) is 0 Å². The van der Waals surface area contributed by atoms with Crippen LogP contribution in [-0.2, 0) is 14.3 Å². The van der Waals surface area contributed by atoms with Crippen LogP contribution in [0.1, 0.15) is 39.0 Å². The molecular formula is C13H22O3. The minimum absolute atomic E-state index is 0.174. The van der Waals surface area contributed by atoms with Crippen LogP contribution in [0.2, 0.25) is 0 Å². The number of Topliss-reactive ketones (excluding diaryl/α,β-unsaturated/α-hetero) is 1. The second kappa shape index (κ2) is 5.78. The molecular weight excluding hydrogens is 204 g/mol. The molecule has 0 aromatic rings. The van der Waals surface area contributed by atoms with Gasteiger partial charge in [0.1, 0.15) is 5.78 Å². The molecule has 0 aromatic heterocycles. The van der Waals surface area contributed by atoms with Crippen LogP contribution < -0.4 is 0 Å². The van der Waals surface area contributed by atoms with Gasteiger partial charge in [-0.15, -0.1) is 0 Å². The lowest BCUT2D eigenvalue weighted by atomic mass is 9.86. The molecule has 2 aliphatic rings. The molecule has 0 saturated carbocycles. The van der Waals surface area contributed by atoms with Gasteiger partial charge in [0.25, 0.3) is 0 Å². The lowest BCUT2D eigenvalue weighted by molar-refractivity contribution is -0.126. The molecule has 2 fully saturated rings. The van der Waals surface area contributed by atoms with Crippen molar-refractivity contribution < 1.29 is 14.3 Å². The van der Waals surface area contributed by atoms with Crippen molar-refractivity contribution in [2.75, 3.05) is 19.8 Å². The quantitative estimate of drug-likeness (QED) is 0.737. The number of ether oxygens (including phenoxy) is 2. The van der Waals surface area contributed by atoms with Crippen LogP contribution in [0.4, 0.5) is 0 Å². The second-order valence-corrected chi connectivity index (χ2v) is 4.94. The highest BCUT2D eigenvalue weighted by Gasteiger charge is 2.33. The fraction of sp³-hybridized carbons (Fsp3) is 0.923. The summed E-state index contributed by atoms with van der Waals surface area (Å²) in [5.74, 6) is 1.16. The van der Waals surface area contributed by atoms with E-state index in [9.17, 15) is 4.79 Å². The van der Waals surface area contributed by atoms with E-state index in [0.29, 0.717) is 11.7 Å². The van der Waals surface area contributed by atoms with Gasteiger partial charge in [0.15, 0.2) is 0 Å². The van der Waals surface area contributed by atoms with Crippen LogP contribution >= 0.6 is 0 Å². The van der Waals surface area contributed by atoms with Crippen LogP contribution in [0.3, 0.4) is 0 Å². The minimum Gasteiger partial charge on any atom is -0.381 e. The minimum atomic E-state index is 0.174. The van der Waals surface area contributed by atoms with Crippen LogP contribution in [0, 0.1) is 11.8 Å². The lowest BCUT2D eigenvalue weighted by Crippen LogP contribution is -2.27. The maximum absolute atomic E-state index is 12.2. The van der Waals surface area contributed by atoms with Crippen LogP contribution in [-0.4, -0.2) is 31.7 Å². The van der Waals surface area contributed by atoms with E-state index in [4.69, 9.17) is 9.47 Å². The molecule has 2 rings (SSSR count). The van der Waals surface area contributed by atoms with Crippen molar-refractivity contribution in [1.29, 1.82) is 0 Å². The third-order valence-electron chi connectivity index (χ3n) is 3.86. The summed E-state index contributed by atoms with van der Waals surface area (Å²) in [7, 11) is 0. The SMILES string of the molecule is CCC1OCCC1C(=O)CC1CCOCC1. The summed E-state index contributed by atoms with van der Waals surface area (Å²) >= 11 is 0. The molecule has 0 aliphatic carbocycles. The monoisotopic (exact) mass is 226 g/mol. The summed E-state index contributed by atoms with van der Waals surface area (Å²) in [6.07, 6.45) is 4.93. The average Bonchev–Trinajstić information content (AvgIpc) is 2.78. The first-order chi connectivity index (χ1) is 7.81. The fourth-order valence-electron chi connectivity index (χ4n) is 2.81. The van der Waals surface area contributed by atoms with E-state index >= 15 is 0 Å². The van der Waals surface area contributed by atoms with Crippen molar-refractivity contribution in [2.45, 2.75) is 45.1 Å². The van der Waals surface area contributed by atoms with Crippen LogP contribution in [0.25, 0.3) is 0 Å². The molecule has 0 aromatic carbocycles. The largest absolute Gasteiger partial charge is 0.381 e. The smallest absolute Gasteiger partial charge is 0.138 e. The first kappa shape index (κ1) is 12.1. The van der Waals surface area contributed by atoms with Gasteiger partial charge in [0, 0.05) is 32.2 Å². The predicted octanol–water partition coefficient (Wildman–Crippen LogP) is 2.19. The van der Waals surface area contributed by atoms with Crippen molar-refractivity contribution in [3.63, 3.8) is 0 Å². The maximum Gasteiger partial charge on any atom is 0.138 e. The highest BCUT2D eigenvalue weighted by Crippen LogP contribution is 2.28. The Kier molecular flexibility index (Phi) is 4.36. The highest BCUT2D eigenvalue weighted by molar-refractivity contribution is 5.82. The Labute approximate surface area is 97.5 Å². The fourth-order valence-corrected chi connectivity index (χ4v) is 2.81. The average molecular weight is 226 g/mol. The zero-order valence-corrected chi connectivity index (χ0v) is 10.1. The molecule has 0 amide bonds. The summed E-state index contributed by atoms with van der Waals surface area (Å²) in [4.78, 5) is 12.2. The van der Waals surface area contributed by atoms with Gasteiger partial charge in [0.2, 0.25) is 0 Å². The Hall–Kier alpha value is -0.410. The Balaban J connectivity index is 1.82. The van der Waals surface area contributed by atoms with Crippen molar-refractivity contribution in [1.82, 2.24) is 0 Å². The summed E-state index contributed by atoms with van der Waals surface area (Å²) < 4.78 is 10.9. The predicted molar refractivity (Wildman–Crippen MR) is 61.3 cm³/mol.